The number of aromatic nitrogens is 1. The molecule has 1 saturated heterocycles. The Morgan fingerprint density at radius 1 is 1.43 bits per heavy atom. The van der Waals surface area contributed by atoms with Crippen LogP contribution in [0.4, 0.5) is 4.79 Å². The Hall–Kier alpha value is -1.14. The second-order valence-electron chi connectivity index (χ2n) is 6.94. The van der Waals surface area contributed by atoms with Gasteiger partial charge in [0.1, 0.15) is 5.60 Å². The van der Waals surface area contributed by atoms with Crippen LogP contribution in [0.2, 0.25) is 0 Å². The molecule has 0 aliphatic carbocycles. The van der Waals surface area contributed by atoms with Crippen molar-refractivity contribution in [2.24, 2.45) is 0 Å². The molecular formula is C17H25BrN2O3. The van der Waals surface area contributed by atoms with Gasteiger partial charge in [0.25, 0.3) is 0 Å². The van der Waals surface area contributed by atoms with Crippen molar-refractivity contribution in [1.82, 2.24) is 9.88 Å². The smallest absolute Gasteiger partial charge is 0.410 e. The van der Waals surface area contributed by atoms with Crippen molar-refractivity contribution < 1.29 is 14.3 Å². The van der Waals surface area contributed by atoms with Gasteiger partial charge in [-0.15, -0.1) is 0 Å². The van der Waals surface area contributed by atoms with E-state index in [1.807, 2.05) is 32.9 Å². The largest absolute Gasteiger partial charge is 0.444 e. The van der Waals surface area contributed by atoms with Crippen LogP contribution in [0.5, 0.6) is 0 Å². The van der Waals surface area contributed by atoms with Gasteiger partial charge in [-0.2, -0.15) is 0 Å². The number of carbonyl (C=O) groups excluding carboxylic acids is 1. The van der Waals surface area contributed by atoms with Crippen LogP contribution in [-0.4, -0.2) is 40.3 Å². The number of hydrogen-bond donors (Lipinski definition) is 0. The highest BCUT2D eigenvalue weighted by Crippen LogP contribution is 2.30. The van der Waals surface area contributed by atoms with E-state index in [-0.39, 0.29) is 11.7 Å². The van der Waals surface area contributed by atoms with E-state index in [0.717, 1.165) is 23.0 Å². The van der Waals surface area contributed by atoms with Crippen LogP contribution in [0.25, 0.3) is 0 Å². The van der Waals surface area contributed by atoms with Crippen LogP contribution in [0.1, 0.15) is 46.2 Å². The Morgan fingerprint density at radius 2 is 2.17 bits per heavy atom. The Bertz CT molecular complexity index is 542. The molecule has 128 valence electrons. The molecule has 1 atom stereocenters. The molecule has 1 aliphatic rings. The molecule has 1 amide bonds. The number of pyridine rings is 1. The van der Waals surface area contributed by atoms with Gasteiger partial charge in [0.2, 0.25) is 0 Å². The molecule has 1 unspecified atom stereocenters. The second-order valence-corrected chi connectivity index (χ2v) is 7.86. The molecule has 6 heteroatoms. The second kappa shape index (κ2) is 7.18. The van der Waals surface area contributed by atoms with Crippen molar-refractivity contribution in [3.63, 3.8) is 0 Å². The lowest BCUT2D eigenvalue weighted by Gasteiger charge is -2.29. The topological polar surface area (TPSA) is 51.7 Å². The van der Waals surface area contributed by atoms with Gasteiger partial charge >= 0.3 is 6.09 Å². The SMILES string of the molecule is CCC1(OCc2ccc(Br)cn2)CCN(C(=O)OC(C)(C)C)C1. The number of nitrogens with zero attached hydrogens (tertiary/aromatic N) is 2. The number of rotatable bonds is 4. The lowest BCUT2D eigenvalue weighted by molar-refractivity contribution is -0.0539. The Balaban J connectivity index is 1.94. The van der Waals surface area contributed by atoms with Gasteiger partial charge in [0.05, 0.1) is 24.4 Å². The minimum absolute atomic E-state index is 0.266. The lowest BCUT2D eigenvalue weighted by Crippen LogP contribution is -2.40. The normalized spacial score (nSPS) is 21.5. The first-order valence-electron chi connectivity index (χ1n) is 7.95. The molecule has 2 heterocycles. The molecule has 0 aromatic carbocycles. The highest BCUT2D eigenvalue weighted by molar-refractivity contribution is 9.10. The molecular weight excluding hydrogens is 360 g/mol. The van der Waals surface area contributed by atoms with Crippen LogP contribution in [0, 0.1) is 0 Å². The summed E-state index contributed by atoms with van der Waals surface area (Å²) in [6, 6.07) is 3.89. The van der Waals surface area contributed by atoms with Crippen LogP contribution >= 0.6 is 15.9 Å². The molecule has 1 aromatic rings. The molecule has 1 aromatic heterocycles. The molecule has 1 fully saturated rings. The summed E-state index contributed by atoms with van der Waals surface area (Å²) in [4.78, 5) is 18.3. The molecule has 2 rings (SSSR count). The molecule has 0 spiro atoms. The summed E-state index contributed by atoms with van der Waals surface area (Å²) in [5.74, 6) is 0. The van der Waals surface area contributed by atoms with E-state index in [9.17, 15) is 4.79 Å². The maximum absolute atomic E-state index is 12.2. The highest BCUT2D eigenvalue weighted by atomic mass is 79.9. The number of hydrogen-bond acceptors (Lipinski definition) is 4. The van der Waals surface area contributed by atoms with Gasteiger partial charge in [-0.1, -0.05) is 6.92 Å². The third-order valence-electron chi connectivity index (χ3n) is 3.93. The van der Waals surface area contributed by atoms with Crippen molar-refractivity contribution in [2.45, 2.75) is 58.3 Å². The van der Waals surface area contributed by atoms with Gasteiger partial charge in [-0.05, 0) is 61.7 Å². The number of halogens is 1. The van der Waals surface area contributed by atoms with E-state index in [0.29, 0.717) is 19.7 Å². The molecule has 0 bridgehead atoms. The van der Waals surface area contributed by atoms with Gasteiger partial charge < -0.3 is 14.4 Å². The quantitative estimate of drug-likeness (QED) is 0.782. The zero-order valence-corrected chi connectivity index (χ0v) is 15.9. The van der Waals surface area contributed by atoms with Crippen LogP contribution < -0.4 is 0 Å². The minimum atomic E-state index is -0.475. The van der Waals surface area contributed by atoms with E-state index in [2.05, 4.69) is 27.8 Å². The standard InChI is InChI=1S/C17H25BrN2O3/c1-5-17(22-11-14-7-6-13(18)10-19-14)8-9-20(12-17)15(21)23-16(2,3)4/h6-7,10H,5,8-9,11-12H2,1-4H3. The summed E-state index contributed by atoms with van der Waals surface area (Å²) in [7, 11) is 0. The predicted octanol–water partition coefficient (Wildman–Crippen LogP) is 4.15. The fourth-order valence-electron chi connectivity index (χ4n) is 2.55. The van der Waals surface area contributed by atoms with E-state index in [4.69, 9.17) is 9.47 Å². The van der Waals surface area contributed by atoms with Gasteiger partial charge in [0.15, 0.2) is 0 Å². The maximum atomic E-state index is 12.2. The average molecular weight is 385 g/mol. The zero-order chi connectivity index (χ0) is 17.1. The average Bonchev–Trinajstić information content (AvgIpc) is 2.90. The first-order valence-corrected chi connectivity index (χ1v) is 8.75. The summed E-state index contributed by atoms with van der Waals surface area (Å²) in [5.41, 5.74) is 0.0966. The fourth-order valence-corrected chi connectivity index (χ4v) is 2.79. The third-order valence-corrected chi connectivity index (χ3v) is 4.40. The van der Waals surface area contributed by atoms with Crippen LogP contribution in [0.15, 0.2) is 22.8 Å². The van der Waals surface area contributed by atoms with E-state index in [1.54, 1.807) is 11.1 Å². The van der Waals surface area contributed by atoms with Crippen molar-refractivity contribution >= 4 is 22.0 Å². The summed E-state index contributed by atoms with van der Waals surface area (Å²) in [6.45, 7) is 9.40. The Labute approximate surface area is 146 Å². The van der Waals surface area contributed by atoms with Crippen molar-refractivity contribution in [3.05, 3.63) is 28.5 Å². The van der Waals surface area contributed by atoms with Gasteiger partial charge in [-0.25, -0.2) is 4.79 Å². The minimum Gasteiger partial charge on any atom is -0.444 e. The first-order chi connectivity index (χ1) is 10.7. The van der Waals surface area contributed by atoms with Gasteiger partial charge in [-0.3, -0.25) is 4.98 Å². The summed E-state index contributed by atoms with van der Waals surface area (Å²) >= 11 is 3.37. The van der Waals surface area contributed by atoms with Crippen LogP contribution in [-0.2, 0) is 16.1 Å². The molecule has 0 N–H and O–H groups in total. The zero-order valence-electron chi connectivity index (χ0n) is 14.3. The molecule has 0 saturated carbocycles. The lowest BCUT2D eigenvalue weighted by atomic mass is 10.00. The molecule has 1 aliphatic heterocycles. The molecule has 0 radical (unpaired) electrons. The number of ether oxygens (including phenoxy) is 2. The summed E-state index contributed by atoms with van der Waals surface area (Å²) in [5, 5.41) is 0. The van der Waals surface area contributed by atoms with Crippen molar-refractivity contribution in [1.29, 1.82) is 0 Å². The molecule has 23 heavy (non-hydrogen) atoms. The summed E-state index contributed by atoms with van der Waals surface area (Å²) in [6.07, 6.45) is 3.17. The number of likely N-dealkylation sites (tertiary alicyclic amines) is 1. The van der Waals surface area contributed by atoms with E-state index < -0.39 is 5.60 Å². The molecule has 5 nitrogen and oxygen atoms in total. The van der Waals surface area contributed by atoms with Crippen molar-refractivity contribution in [3.8, 4) is 0 Å². The predicted molar refractivity (Wildman–Crippen MR) is 92.2 cm³/mol. The Morgan fingerprint density at radius 3 is 2.74 bits per heavy atom. The van der Waals surface area contributed by atoms with Gasteiger partial charge in [0, 0.05) is 17.2 Å². The highest BCUT2D eigenvalue weighted by Gasteiger charge is 2.41. The fraction of sp³-hybridized carbons (Fsp3) is 0.647. The van der Waals surface area contributed by atoms with E-state index in [1.165, 1.54) is 0 Å². The number of amides is 1. The third kappa shape index (κ3) is 5.18. The van der Waals surface area contributed by atoms with Crippen molar-refractivity contribution in [2.75, 3.05) is 13.1 Å². The monoisotopic (exact) mass is 384 g/mol. The van der Waals surface area contributed by atoms with E-state index >= 15 is 0 Å². The number of carbonyl (C=O) groups is 1. The van der Waals surface area contributed by atoms with Crippen LogP contribution in [0.3, 0.4) is 0 Å². The summed E-state index contributed by atoms with van der Waals surface area (Å²) < 4.78 is 12.5. The Kier molecular flexibility index (Phi) is 5.68. The maximum Gasteiger partial charge on any atom is 0.410 e. The first kappa shape index (κ1) is 18.2.